The van der Waals surface area contributed by atoms with E-state index in [1.54, 1.807) is 6.92 Å². The normalized spacial score (nSPS) is 11.3. The summed E-state index contributed by atoms with van der Waals surface area (Å²) in [6.45, 7) is 1.75. The molecule has 3 rings (SSSR count). The summed E-state index contributed by atoms with van der Waals surface area (Å²) >= 11 is 0. The number of hydrogen-bond donors (Lipinski definition) is 6. The molecule has 0 aliphatic heterocycles. The predicted molar refractivity (Wildman–Crippen MR) is 80.8 cm³/mol. The molecule has 0 heterocycles. The molecule has 0 bridgehead atoms. The molecule has 0 amide bonds. The Bertz CT molecular complexity index is 930. The molecule has 0 saturated carbocycles. The van der Waals surface area contributed by atoms with E-state index in [1.165, 1.54) is 6.07 Å². The third-order valence-electron chi connectivity index (χ3n) is 3.85. The van der Waals surface area contributed by atoms with Gasteiger partial charge in [-0.15, -0.1) is 0 Å². The van der Waals surface area contributed by atoms with E-state index in [2.05, 4.69) is 0 Å². The average Bonchev–Trinajstić information content (AvgIpc) is 2.48. The molecule has 3 aromatic rings. The van der Waals surface area contributed by atoms with Crippen LogP contribution in [0.3, 0.4) is 0 Å². The van der Waals surface area contributed by atoms with E-state index in [9.17, 15) is 30.6 Å². The quantitative estimate of drug-likeness (QED) is 0.304. The molecule has 0 atom stereocenters. The monoisotopic (exact) mass is 302 g/mol. The molecule has 0 radical (unpaired) electrons. The summed E-state index contributed by atoms with van der Waals surface area (Å²) in [6.07, 6.45) is 0.388. The molecule has 22 heavy (non-hydrogen) atoms. The van der Waals surface area contributed by atoms with Gasteiger partial charge in [-0.05, 0) is 30.2 Å². The van der Waals surface area contributed by atoms with Crippen molar-refractivity contribution in [3.63, 3.8) is 0 Å². The van der Waals surface area contributed by atoms with Crippen LogP contribution in [0.5, 0.6) is 34.5 Å². The SMILES string of the molecule is CCc1cc(O)c2c(O)c3c(O)ccc(O)c3c(O)c2c1O. The van der Waals surface area contributed by atoms with Crippen molar-refractivity contribution in [3.05, 3.63) is 23.8 Å². The van der Waals surface area contributed by atoms with Crippen molar-refractivity contribution in [2.75, 3.05) is 0 Å². The minimum Gasteiger partial charge on any atom is -0.507 e. The number of phenolic OH excluding ortho intramolecular Hbond substituents is 6. The molecule has 6 heteroatoms. The smallest absolute Gasteiger partial charge is 0.139 e. The van der Waals surface area contributed by atoms with Gasteiger partial charge in [0.25, 0.3) is 0 Å². The zero-order chi connectivity index (χ0) is 16.2. The highest BCUT2D eigenvalue weighted by atomic mass is 16.3. The van der Waals surface area contributed by atoms with Crippen molar-refractivity contribution in [2.24, 2.45) is 0 Å². The summed E-state index contributed by atoms with van der Waals surface area (Å²) in [6, 6.07) is 3.59. The van der Waals surface area contributed by atoms with E-state index >= 15 is 0 Å². The van der Waals surface area contributed by atoms with Crippen molar-refractivity contribution >= 4 is 21.5 Å². The number of aryl methyl sites for hydroxylation is 1. The summed E-state index contributed by atoms with van der Waals surface area (Å²) in [5.74, 6) is -2.45. The fourth-order valence-electron chi connectivity index (χ4n) is 2.76. The molecular formula is C16H14O6. The number of hydrogen-bond acceptors (Lipinski definition) is 6. The molecule has 0 fully saturated rings. The first-order chi connectivity index (χ1) is 10.4. The van der Waals surface area contributed by atoms with Gasteiger partial charge >= 0.3 is 0 Å². The standard InChI is InChI=1S/C16H14O6/c1-2-6-5-9(19)12-13(14(6)20)16(22)11-8(18)4-3-7(17)10(11)15(12)21/h3-5,17-22H,2H2,1H3. The lowest BCUT2D eigenvalue weighted by atomic mass is 9.95. The van der Waals surface area contributed by atoms with Crippen LogP contribution in [-0.2, 0) is 6.42 Å². The molecule has 3 aromatic carbocycles. The fourth-order valence-corrected chi connectivity index (χ4v) is 2.76. The molecular weight excluding hydrogens is 288 g/mol. The Balaban J connectivity index is 2.72. The Morgan fingerprint density at radius 2 is 1.09 bits per heavy atom. The van der Waals surface area contributed by atoms with Gasteiger partial charge in [-0.25, -0.2) is 0 Å². The third-order valence-corrected chi connectivity index (χ3v) is 3.85. The highest BCUT2D eigenvalue weighted by Crippen LogP contribution is 2.53. The first-order valence-corrected chi connectivity index (χ1v) is 6.64. The summed E-state index contributed by atoms with van der Waals surface area (Å²) in [4.78, 5) is 0. The third kappa shape index (κ3) is 1.60. The topological polar surface area (TPSA) is 121 Å². The van der Waals surface area contributed by atoms with Crippen LogP contribution in [-0.4, -0.2) is 30.6 Å². The molecule has 114 valence electrons. The summed E-state index contributed by atoms with van der Waals surface area (Å²) in [5, 5.41) is 60.2. The lowest BCUT2D eigenvalue weighted by Gasteiger charge is -2.15. The van der Waals surface area contributed by atoms with Crippen LogP contribution in [0.1, 0.15) is 12.5 Å². The Kier molecular flexibility index (Phi) is 2.84. The second kappa shape index (κ2) is 4.49. The minimum absolute atomic E-state index is 0.178. The maximum atomic E-state index is 10.4. The molecule has 0 unspecified atom stereocenters. The minimum atomic E-state index is -0.536. The Labute approximate surface area is 124 Å². The van der Waals surface area contributed by atoms with Gasteiger partial charge in [0, 0.05) is 0 Å². The van der Waals surface area contributed by atoms with Gasteiger partial charge in [0.1, 0.15) is 34.5 Å². The first-order valence-electron chi connectivity index (χ1n) is 6.64. The van der Waals surface area contributed by atoms with E-state index in [0.29, 0.717) is 12.0 Å². The van der Waals surface area contributed by atoms with Gasteiger partial charge in [0.15, 0.2) is 0 Å². The number of aromatic hydroxyl groups is 6. The van der Waals surface area contributed by atoms with Crippen molar-refractivity contribution in [2.45, 2.75) is 13.3 Å². The van der Waals surface area contributed by atoms with Crippen LogP contribution in [0.25, 0.3) is 21.5 Å². The zero-order valence-electron chi connectivity index (χ0n) is 11.6. The van der Waals surface area contributed by atoms with Crippen LogP contribution in [0.2, 0.25) is 0 Å². The Morgan fingerprint density at radius 1 is 0.636 bits per heavy atom. The zero-order valence-corrected chi connectivity index (χ0v) is 11.6. The van der Waals surface area contributed by atoms with Crippen molar-refractivity contribution in [3.8, 4) is 34.5 Å². The van der Waals surface area contributed by atoms with Crippen LogP contribution in [0.4, 0.5) is 0 Å². The second-order valence-corrected chi connectivity index (χ2v) is 5.06. The lowest BCUT2D eigenvalue weighted by molar-refractivity contribution is 0.440. The van der Waals surface area contributed by atoms with Crippen LogP contribution in [0.15, 0.2) is 18.2 Å². The van der Waals surface area contributed by atoms with Gasteiger partial charge < -0.3 is 30.6 Å². The first kappa shape index (κ1) is 13.9. The van der Waals surface area contributed by atoms with Gasteiger partial charge in [0.2, 0.25) is 0 Å². The average molecular weight is 302 g/mol. The number of rotatable bonds is 1. The number of fused-ring (bicyclic) bond motifs is 2. The van der Waals surface area contributed by atoms with E-state index < -0.39 is 11.5 Å². The highest BCUT2D eigenvalue weighted by molar-refractivity contribution is 6.18. The maximum Gasteiger partial charge on any atom is 0.139 e. The molecule has 0 saturated heterocycles. The van der Waals surface area contributed by atoms with Gasteiger partial charge in [-0.2, -0.15) is 0 Å². The van der Waals surface area contributed by atoms with Crippen LogP contribution < -0.4 is 0 Å². The van der Waals surface area contributed by atoms with E-state index in [0.717, 1.165) is 12.1 Å². The predicted octanol–water partition coefficient (Wildman–Crippen LogP) is 2.79. The van der Waals surface area contributed by atoms with Gasteiger partial charge in [-0.1, -0.05) is 6.92 Å². The lowest BCUT2D eigenvalue weighted by Crippen LogP contribution is -1.89. The van der Waals surface area contributed by atoms with Gasteiger partial charge in [0.05, 0.1) is 21.5 Å². The van der Waals surface area contributed by atoms with Crippen LogP contribution >= 0.6 is 0 Å². The van der Waals surface area contributed by atoms with E-state index in [-0.39, 0.29) is 44.5 Å². The van der Waals surface area contributed by atoms with Crippen LogP contribution in [0, 0.1) is 0 Å². The Morgan fingerprint density at radius 3 is 1.59 bits per heavy atom. The molecule has 0 aliphatic rings. The van der Waals surface area contributed by atoms with E-state index in [1.807, 2.05) is 0 Å². The maximum absolute atomic E-state index is 10.4. The summed E-state index contributed by atoms with van der Waals surface area (Å²) in [7, 11) is 0. The van der Waals surface area contributed by atoms with Crippen molar-refractivity contribution < 1.29 is 30.6 Å². The van der Waals surface area contributed by atoms with E-state index in [4.69, 9.17) is 0 Å². The highest BCUT2D eigenvalue weighted by Gasteiger charge is 2.24. The van der Waals surface area contributed by atoms with Crippen molar-refractivity contribution in [1.29, 1.82) is 0 Å². The van der Waals surface area contributed by atoms with Crippen molar-refractivity contribution in [1.82, 2.24) is 0 Å². The summed E-state index contributed by atoms with van der Waals surface area (Å²) < 4.78 is 0. The summed E-state index contributed by atoms with van der Waals surface area (Å²) in [5.41, 5.74) is 0.374. The largest absolute Gasteiger partial charge is 0.507 e. The second-order valence-electron chi connectivity index (χ2n) is 5.06. The number of phenols is 6. The van der Waals surface area contributed by atoms with Gasteiger partial charge in [-0.3, -0.25) is 0 Å². The molecule has 6 nitrogen and oxygen atoms in total. The fraction of sp³-hybridized carbons (Fsp3) is 0.125. The molecule has 0 aromatic heterocycles. The molecule has 0 aliphatic carbocycles. The Hall–Kier alpha value is -3.02. The number of benzene rings is 3. The molecule has 6 N–H and O–H groups in total. The molecule has 0 spiro atoms.